The third-order valence-corrected chi connectivity index (χ3v) is 5.66. The largest absolute Gasteiger partial charge is 0.506 e. The van der Waals surface area contributed by atoms with Crippen molar-refractivity contribution in [3.63, 3.8) is 0 Å². The van der Waals surface area contributed by atoms with E-state index in [0.29, 0.717) is 42.9 Å². The lowest BCUT2D eigenvalue weighted by Gasteiger charge is -2.31. The Labute approximate surface area is 178 Å². The van der Waals surface area contributed by atoms with Crippen LogP contribution in [0.25, 0.3) is 0 Å². The van der Waals surface area contributed by atoms with Crippen molar-refractivity contribution in [3.8, 4) is 5.75 Å². The molecule has 4 rings (SSSR count). The number of phenolic OH excluding ortho intramolecular Hbond substituents is 1. The van der Waals surface area contributed by atoms with E-state index in [9.17, 15) is 24.3 Å². The molecule has 0 atom stereocenters. The van der Waals surface area contributed by atoms with Crippen LogP contribution in [-0.2, 0) is 4.79 Å². The Morgan fingerprint density at radius 1 is 0.968 bits per heavy atom. The number of imide groups is 1. The number of carbonyl (C=O) groups excluding carboxylic acids is 4. The van der Waals surface area contributed by atoms with E-state index in [4.69, 9.17) is 0 Å². The van der Waals surface area contributed by atoms with Gasteiger partial charge < -0.3 is 20.6 Å². The maximum absolute atomic E-state index is 12.6. The molecule has 2 aliphatic rings. The molecule has 2 heterocycles. The van der Waals surface area contributed by atoms with E-state index >= 15 is 0 Å². The summed E-state index contributed by atoms with van der Waals surface area (Å²) in [6.45, 7) is 0.797. The summed E-state index contributed by atoms with van der Waals surface area (Å²) in [5, 5.41) is 15.3. The molecule has 0 bridgehead atoms. The number of nitrogens with zero attached hydrogens (tertiary/aromatic N) is 2. The molecule has 1 fully saturated rings. The molecule has 0 aliphatic carbocycles. The van der Waals surface area contributed by atoms with Crippen molar-refractivity contribution in [1.82, 2.24) is 9.80 Å². The molecule has 0 saturated carbocycles. The minimum Gasteiger partial charge on any atom is -0.506 e. The van der Waals surface area contributed by atoms with Gasteiger partial charge in [-0.3, -0.25) is 19.3 Å². The summed E-state index contributed by atoms with van der Waals surface area (Å²) in [7, 11) is 1.42. The highest BCUT2D eigenvalue weighted by Gasteiger charge is 2.33. The molecular formula is C22H22N4O5. The molecule has 160 valence electrons. The van der Waals surface area contributed by atoms with E-state index < -0.39 is 5.91 Å². The fourth-order valence-electron chi connectivity index (χ4n) is 3.80. The number of carbonyl (C=O) groups is 4. The standard InChI is InChI=1S/C22H22N4O5/c1-25-20(29)15-7-6-14(12-16(15)21(25)30)23-22(31)26-10-8-13(9-11-26)19(28)24-17-4-2-3-5-18(17)27/h2-7,12-13,27H,8-11H2,1H3,(H,23,31)(H,24,28). The van der Waals surface area contributed by atoms with Gasteiger partial charge in [-0.25, -0.2) is 4.79 Å². The summed E-state index contributed by atoms with van der Waals surface area (Å²) in [6, 6.07) is 10.8. The van der Waals surface area contributed by atoms with Crippen molar-refractivity contribution in [1.29, 1.82) is 0 Å². The molecule has 1 saturated heterocycles. The lowest BCUT2D eigenvalue weighted by molar-refractivity contribution is -0.121. The minimum atomic E-state index is -0.396. The molecule has 5 amide bonds. The van der Waals surface area contributed by atoms with Crippen molar-refractivity contribution in [2.24, 2.45) is 5.92 Å². The fraction of sp³-hybridized carbons (Fsp3) is 0.273. The molecule has 2 aliphatic heterocycles. The first kappa shape index (κ1) is 20.4. The first-order chi connectivity index (χ1) is 14.8. The Balaban J connectivity index is 1.33. The molecule has 3 N–H and O–H groups in total. The fourth-order valence-corrected chi connectivity index (χ4v) is 3.80. The number of hydrogen-bond acceptors (Lipinski definition) is 5. The quantitative estimate of drug-likeness (QED) is 0.519. The van der Waals surface area contributed by atoms with Gasteiger partial charge in [-0.15, -0.1) is 0 Å². The Bertz CT molecular complexity index is 1080. The summed E-state index contributed by atoms with van der Waals surface area (Å²) < 4.78 is 0. The molecule has 2 aromatic rings. The van der Waals surface area contributed by atoms with Crippen molar-refractivity contribution in [2.45, 2.75) is 12.8 Å². The lowest BCUT2D eigenvalue weighted by Crippen LogP contribution is -2.43. The zero-order chi connectivity index (χ0) is 22.1. The zero-order valence-electron chi connectivity index (χ0n) is 16.9. The Morgan fingerprint density at radius 2 is 1.65 bits per heavy atom. The number of hydrogen-bond donors (Lipinski definition) is 3. The smallest absolute Gasteiger partial charge is 0.321 e. The van der Waals surface area contributed by atoms with Gasteiger partial charge in [-0.2, -0.15) is 0 Å². The normalized spacial score (nSPS) is 16.3. The molecule has 0 radical (unpaired) electrons. The molecule has 31 heavy (non-hydrogen) atoms. The average Bonchev–Trinajstić information content (AvgIpc) is 2.99. The van der Waals surface area contributed by atoms with E-state index in [1.807, 2.05) is 0 Å². The van der Waals surface area contributed by atoms with Gasteiger partial charge in [0.05, 0.1) is 16.8 Å². The minimum absolute atomic E-state index is 0.00776. The number of aromatic hydroxyl groups is 1. The van der Waals surface area contributed by atoms with Gasteiger partial charge >= 0.3 is 6.03 Å². The number of fused-ring (bicyclic) bond motifs is 1. The van der Waals surface area contributed by atoms with E-state index in [2.05, 4.69) is 10.6 Å². The third-order valence-electron chi connectivity index (χ3n) is 5.66. The van der Waals surface area contributed by atoms with Crippen molar-refractivity contribution >= 4 is 35.1 Å². The number of rotatable bonds is 3. The van der Waals surface area contributed by atoms with Gasteiger partial charge in [0.1, 0.15) is 5.75 Å². The van der Waals surface area contributed by atoms with Crippen molar-refractivity contribution in [2.75, 3.05) is 30.8 Å². The molecule has 0 unspecified atom stereocenters. The van der Waals surface area contributed by atoms with Crippen LogP contribution in [-0.4, -0.2) is 58.8 Å². The van der Waals surface area contributed by atoms with E-state index in [1.54, 1.807) is 29.2 Å². The highest BCUT2D eigenvalue weighted by atomic mass is 16.3. The van der Waals surface area contributed by atoms with Gasteiger partial charge in [0, 0.05) is 31.7 Å². The van der Waals surface area contributed by atoms with E-state index in [1.165, 1.54) is 25.2 Å². The van der Waals surface area contributed by atoms with Crippen LogP contribution in [0.15, 0.2) is 42.5 Å². The van der Waals surface area contributed by atoms with Gasteiger partial charge in [-0.05, 0) is 43.2 Å². The summed E-state index contributed by atoms with van der Waals surface area (Å²) in [5.41, 5.74) is 1.38. The van der Waals surface area contributed by atoms with Crippen LogP contribution in [0.4, 0.5) is 16.2 Å². The topological polar surface area (TPSA) is 119 Å². The third kappa shape index (κ3) is 3.94. The van der Waals surface area contributed by atoms with E-state index in [0.717, 1.165) is 4.90 Å². The number of likely N-dealkylation sites (tertiary alicyclic amines) is 1. The predicted octanol–water partition coefficient (Wildman–Crippen LogP) is 2.50. The number of nitrogens with one attached hydrogen (secondary N) is 2. The Hall–Kier alpha value is -3.88. The molecule has 0 aromatic heterocycles. The molecule has 0 spiro atoms. The van der Waals surface area contributed by atoms with Crippen LogP contribution >= 0.6 is 0 Å². The maximum Gasteiger partial charge on any atom is 0.321 e. The molecule has 2 aromatic carbocycles. The predicted molar refractivity (Wildman–Crippen MR) is 113 cm³/mol. The zero-order valence-corrected chi connectivity index (χ0v) is 16.9. The van der Waals surface area contributed by atoms with Crippen LogP contribution in [0.2, 0.25) is 0 Å². The number of amides is 5. The number of anilines is 2. The Kier molecular flexibility index (Phi) is 5.33. The monoisotopic (exact) mass is 422 g/mol. The van der Waals surface area contributed by atoms with Crippen LogP contribution in [0.1, 0.15) is 33.6 Å². The second-order valence-corrected chi connectivity index (χ2v) is 7.63. The molecule has 9 nitrogen and oxygen atoms in total. The van der Waals surface area contributed by atoms with Gasteiger partial charge in [0.25, 0.3) is 11.8 Å². The number of para-hydroxylation sites is 2. The van der Waals surface area contributed by atoms with Crippen molar-refractivity contribution in [3.05, 3.63) is 53.6 Å². The van der Waals surface area contributed by atoms with Crippen LogP contribution in [0.3, 0.4) is 0 Å². The summed E-state index contributed by atoms with van der Waals surface area (Å²) in [6.07, 6.45) is 0.990. The molecular weight excluding hydrogens is 400 g/mol. The highest BCUT2D eigenvalue weighted by Crippen LogP contribution is 2.27. The van der Waals surface area contributed by atoms with Crippen molar-refractivity contribution < 1.29 is 24.3 Å². The number of urea groups is 1. The van der Waals surface area contributed by atoms with Gasteiger partial charge in [-0.1, -0.05) is 12.1 Å². The Morgan fingerprint density at radius 3 is 2.35 bits per heavy atom. The van der Waals surface area contributed by atoms with Crippen LogP contribution < -0.4 is 10.6 Å². The summed E-state index contributed by atoms with van der Waals surface area (Å²) in [5.74, 6) is -1.20. The van der Waals surface area contributed by atoms with Crippen LogP contribution in [0.5, 0.6) is 5.75 Å². The summed E-state index contributed by atoms with van der Waals surface area (Å²) >= 11 is 0. The number of benzene rings is 2. The molecule has 9 heteroatoms. The first-order valence-electron chi connectivity index (χ1n) is 9.96. The first-order valence-corrected chi connectivity index (χ1v) is 9.96. The average molecular weight is 422 g/mol. The second kappa shape index (κ2) is 8.10. The highest BCUT2D eigenvalue weighted by molar-refractivity contribution is 6.21. The van der Waals surface area contributed by atoms with Gasteiger partial charge in [0.2, 0.25) is 5.91 Å². The summed E-state index contributed by atoms with van der Waals surface area (Å²) in [4.78, 5) is 51.8. The second-order valence-electron chi connectivity index (χ2n) is 7.63. The number of piperidine rings is 1. The number of phenols is 1. The maximum atomic E-state index is 12.6. The van der Waals surface area contributed by atoms with Crippen LogP contribution in [0, 0.1) is 5.92 Å². The SMILES string of the molecule is CN1C(=O)c2ccc(NC(=O)N3CCC(C(=O)Nc4ccccc4O)CC3)cc2C1=O. The van der Waals surface area contributed by atoms with Gasteiger partial charge in [0.15, 0.2) is 0 Å². The lowest BCUT2D eigenvalue weighted by atomic mass is 9.96. The van der Waals surface area contributed by atoms with E-state index in [-0.39, 0.29) is 35.1 Å².